The number of pyridine rings is 1. The molecule has 0 aliphatic heterocycles. The van der Waals surface area contributed by atoms with E-state index in [4.69, 9.17) is 0 Å². The largest absolute Gasteiger partial charge is 0.377 e. The average molecular weight is 274 g/mol. The maximum atomic E-state index is 4.38. The van der Waals surface area contributed by atoms with Crippen LogP contribution >= 0.6 is 0 Å². The summed E-state index contributed by atoms with van der Waals surface area (Å²) < 4.78 is 0. The van der Waals surface area contributed by atoms with Crippen LogP contribution in [0.2, 0.25) is 0 Å². The lowest BCUT2D eigenvalue weighted by molar-refractivity contribution is 0.839. The molecule has 0 aliphatic carbocycles. The fraction of sp³-hybridized carbons (Fsp3) is 0.105. The lowest BCUT2D eigenvalue weighted by atomic mass is 10.1. The maximum Gasteiger partial charge on any atom is 0.0657 e. The normalized spacial score (nSPS) is 11.9. The van der Waals surface area contributed by atoms with E-state index in [9.17, 15) is 0 Å². The van der Waals surface area contributed by atoms with Crippen LogP contribution in [-0.2, 0) is 0 Å². The molecule has 1 heterocycles. The van der Waals surface area contributed by atoms with Gasteiger partial charge in [-0.15, -0.1) is 0 Å². The van der Waals surface area contributed by atoms with Crippen molar-refractivity contribution >= 4 is 5.69 Å². The van der Waals surface area contributed by atoms with Gasteiger partial charge in [0.1, 0.15) is 0 Å². The average Bonchev–Trinajstić information content (AvgIpc) is 2.57. The molecule has 1 unspecified atom stereocenters. The third-order valence-electron chi connectivity index (χ3n) is 3.51. The number of nitrogens with zero attached hydrogens (tertiary/aromatic N) is 1. The van der Waals surface area contributed by atoms with Gasteiger partial charge >= 0.3 is 0 Å². The first-order valence-corrected chi connectivity index (χ1v) is 7.16. The minimum Gasteiger partial charge on any atom is -0.377 e. The van der Waals surface area contributed by atoms with E-state index >= 15 is 0 Å². The minimum absolute atomic E-state index is 0.189. The van der Waals surface area contributed by atoms with Gasteiger partial charge in [-0.05, 0) is 42.3 Å². The van der Waals surface area contributed by atoms with Gasteiger partial charge in [-0.25, -0.2) is 0 Å². The second-order valence-electron chi connectivity index (χ2n) is 5.06. The molecule has 21 heavy (non-hydrogen) atoms. The standard InChI is InChI=1S/C19H18N2/c1-15(19-9-5-6-14-20-19)21-18-12-10-17(11-13-18)16-7-3-2-4-8-16/h2-15,21H,1H3. The van der Waals surface area contributed by atoms with Crippen molar-refractivity contribution < 1.29 is 0 Å². The van der Waals surface area contributed by atoms with Crippen LogP contribution in [0.4, 0.5) is 5.69 Å². The zero-order chi connectivity index (χ0) is 14.5. The highest BCUT2D eigenvalue weighted by molar-refractivity contribution is 5.66. The van der Waals surface area contributed by atoms with E-state index < -0.39 is 0 Å². The molecule has 0 radical (unpaired) electrons. The van der Waals surface area contributed by atoms with Crippen molar-refractivity contribution in [2.24, 2.45) is 0 Å². The van der Waals surface area contributed by atoms with Gasteiger partial charge in [0.05, 0.1) is 11.7 Å². The summed E-state index contributed by atoms with van der Waals surface area (Å²) in [7, 11) is 0. The van der Waals surface area contributed by atoms with E-state index in [2.05, 4.69) is 65.8 Å². The highest BCUT2D eigenvalue weighted by Crippen LogP contribution is 2.23. The Labute approximate surface area is 125 Å². The van der Waals surface area contributed by atoms with Crippen molar-refractivity contribution in [1.82, 2.24) is 4.98 Å². The Kier molecular flexibility index (Phi) is 3.97. The second kappa shape index (κ2) is 6.23. The SMILES string of the molecule is CC(Nc1ccc(-c2ccccc2)cc1)c1ccccn1. The van der Waals surface area contributed by atoms with Crippen LogP contribution in [0.5, 0.6) is 0 Å². The Balaban J connectivity index is 1.73. The molecule has 0 spiro atoms. The molecule has 0 bridgehead atoms. The van der Waals surface area contributed by atoms with Crippen molar-refractivity contribution in [2.45, 2.75) is 13.0 Å². The smallest absolute Gasteiger partial charge is 0.0657 e. The Morgan fingerprint density at radius 2 is 1.43 bits per heavy atom. The first-order valence-electron chi connectivity index (χ1n) is 7.16. The molecule has 0 saturated heterocycles. The van der Waals surface area contributed by atoms with Gasteiger partial charge in [0.25, 0.3) is 0 Å². The Morgan fingerprint density at radius 3 is 2.10 bits per heavy atom. The predicted octanol–water partition coefficient (Wildman–Crippen LogP) is 4.92. The molecule has 2 aromatic carbocycles. The number of aromatic nitrogens is 1. The van der Waals surface area contributed by atoms with Gasteiger partial charge in [0.15, 0.2) is 0 Å². The van der Waals surface area contributed by atoms with Crippen molar-refractivity contribution in [2.75, 3.05) is 5.32 Å². The molecular weight excluding hydrogens is 256 g/mol. The number of nitrogens with one attached hydrogen (secondary N) is 1. The van der Waals surface area contributed by atoms with Gasteiger partial charge < -0.3 is 5.32 Å². The van der Waals surface area contributed by atoms with Crippen molar-refractivity contribution in [3.8, 4) is 11.1 Å². The molecule has 1 N–H and O–H groups in total. The van der Waals surface area contributed by atoms with Crippen LogP contribution in [0.15, 0.2) is 79.0 Å². The molecule has 104 valence electrons. The summed E-state index contributed by atoms with van der Waals surface area (Å²) in [4.78, 5) is 4.38. The van der Waals surface area contributed by atoms with E-state index in [0.29, 0.717) is 0 Å². The van der Waals surface area contributed by atoms with Gasteiger partial charge in [-0.2, -0.15) is 0 Å². The van der Waals surface area contributed by atoms with Crippen molar-refractivity contribution in [3.63, 3.8) is 0 Å². The van der Waals surface area contributed by atoms with E-state index in [-0.39, 0.29) is 6.04 Å². The minimum atomic E-state index is 0.189. The van der Waals surface area contributed by atoms with Crippen LogP contribution < -0.4 is 5.32 Å². The fourth-order valence-corrected chi connectivity index (χ4v) is 2.35. The van der Waals surface area contributed by atoms with E-state index in [1.54, 1.807) is 0 Å². The van der Waals surface area contributed by atoms with Crippen molar-refractivity contribution in [3.05, 3.63) is 84.7 Å². The molecule has 0 aliphatic rings. The summed E-state index contributed by atoms with van der Waals surface area (Å²) in [5, 5.41) is 3.47. The lowest BCUT2D eigenvalue weighted by Gasteiger charge is -2.15. The molecule has 1 atom stereocenters. The number of rotatable bonds is 4. The Hall–Kier alpha value is -2.61. The fourth-order valence-electron chi connectivity index (χ4n) is 2.35. The summed E-state index contributed by atoms with van der Waals surface area (Å²) in [5.74, 6) is 0. The molecule has 1 aromatic heterocycles. The molecule has 3 aromatic rings. The summed E-state index contributed by atoms with van der Waals surface area (Å²) in [6.07, 6.45) is 1.83. The first kappa shape index (κ1) is 13.4. The second-order valence-corrected chi connectivity index (χ2v) is 5.06. The lowest BCUT2D eigenvalue weighted by Crippen LogP contribution is -2.07. The molecule has 0 fully saturated rings. The molecular formula is C19H18N2. The summed E-state index contributed by atoms with van der Waals surface area (Å²) in [6.45, 7) is 2.12. The van der Waals surface area contributed by atoms with Crippen LogP contribution in [0.1, 0.15) is 18.7 Å². The Morgan fingerprint density at radius 1 is 0.762 bits per heavy atom. The van der Waals surface area contributed by atoms with Gasteiger partial charge in [-0.1, -0.05) is 48.5 Å². The van der Waals surface area contributed by atoms with Crippen LogP contribution in [0.25, 0.3) is 11.1 Å². The zero-order valence-corrected chi connectivity index (χ0v) is 12.0. The zero-order valence-electron chi connectivity index (χ0n) is 12.0. The first-order chi connectivity index (χ1) is 10.3. The van der Waals surface area contributed by atoms with E-state index in [1.807, 2.05) is 30.5 Å². The summed E-state index contributed by atoms with van der Waals surface area (Å²) >= 11 is 0. The van der Waals surface area contributed by atoms with Crippen LogP contribution in [-0.4, -0.2) is 4.98 Å². The Bertz CT molecular complexity index is 676. The van der Waals surface area contributed by atoms with Crippen molar-refractivity contribution in [1.29, 1.82) is 0 Å². The number of hydrogen-bond acceptors (Lipinski definition) is 2. The van der Waals surface area contributed by atoms with E-state index in [1.165, 1.54) is 11.1 Å². The highest BCUT2D eigenvalue weighted by Gasteiger charge is 2.05. The monoisotopic (exact) mass is 274 g/mol. The maximum absolute atomic E-state index is 4.38. The highest BCUT2D eigenvalue weighted by atomic mass is 14.9. The molecule has 2 nitrogen and oxygen atoms in total. The molecule has 0 amide bonds. The third-order valence-corrected chi connectivity index (χ3v) is 3.51. The summed E-state index contributed by atoms with van der Waals surface area (Å²) in [6, 6.07) is 25.1. The predicted molar refractivity (Wildman–Crippen MR) is 88.2 cm³/mol. The molecule has 0 saturated carbocycles. The van der Waals surface area contributed by atoms with E-state index in [0.717, 1.165) is 11.4 Å². The van der Waals surface area contributed by atoms with Gasteiger partial charge in [0, 0.05) is 11.9 Å². The van der Waals surface area contributed by atoms with Gasteiger partial charge in [0.2, 0.25) is 0 Å². The number of hydrogen-bond donors (Lipinski definition) is 1. The quantitative estimate of drug-likeness (QED) is 0.730. The number of benzene rings is 2. The van der Waals surface area contributed by atoms with Crippen LogP contribution in [0.3, 0.4) is 0 Å². The summed E-state index contributed by atoms with van der Waals surface area (Å²) in [5.41, 5.74) is 4.62. The molecule has 2 heteroatoms. The molecule has 3 rings (SSSR count). The van der Waals surface area contributed by atoms with Crippen LogP contribution in [0, 0.1) is 0 Å². The topological polar surface area (TPSA) is 24.9 Å². The number of anilines is 1. The third kappa shape index (κ3) is 3.29. The van der Waals surface area contributed by atoms with Gasteiger partial charge in [-0.3, -0.25) is 4.98 Å².